The zero-order chi connectivity index (χ0) is 20.1. The minimum Gasteiger partial charge on any atom is -0.466 e. The Morgan fingerprint density at radius 1 is 1.21 bits per heavy atom. The van der Waals surface area contributed by atoms with E-state index in [1.54, 1.807) is 7.05 Å². The molecule has 28 heavy (non-hydrogen) atoms. The van der Waals surface area contributed by atoms with Crippen molar-refractivity contribution in [1.29, 1.82) is 0 Å². The molecule has 9 heteroatoms. The summed E-state index contributed by atoms with van der Waals surface area (Å²) in [5.74, 6) is 0.762. The highest BCUT2D eigenvalue weighted by molar-refractivity contribution is 6.06. The van der Waals surface area contributed by atoms with E-state index in [9.17, 15) is 9.59 Å². The van der Waals surface area contributed by atoms with Gasteiger partial charge in [-0.3, -0.25) is 4.79 Å². The van der Waals surface area contributed by atoms with Gasteiger partial charge in [0.25, 0.3) is 0 Å². The first-order valence-corrected chi connectivity index (χ1v) is 9.13. The molecule has 0 fully saturated rings. The van der Waals surface area contributed by atoms with Gasteiger partial charge in [-0.15, -0.1) is 0 Å². The average Bonchev–Trinajstić information content (AvgIpc) is 3.05. The highest BCUT2D eigenvalue weighted by Crippen LogP contribution is 2.29. The van der Waals surface area contributed by atoms with Crippen molar-refractivity contribution in [3.05, 3.63) is 30.1 Å². The van der Waals surface area contributed by atoms with Gasteiger partial charge in [0.15, 0.2) is 5.82 Å². The number of fused-ring (bicyclic) bond motifs is 3. The van der Waals surface area contributed by atoms with Crippen LogP contribution in [0.15, 0.2) is 24.3 Å². The lowest BCUT2D eigenvalue weighted by Crippen LogP contribution is -2.33. The molecule has 2 aromatic heterocycles. The molecule has 0 atom stereocenters. The molecule has 0 unspecified atom stereocenters. The molecule has 2 heterocycles. The number of aromatic nitrogens is 3. The van der Waals surface area contributed by atoms with Crippen LogP contribution in [0.2, 0.25) is 0 Å². The smallest absolute Gasteiger partial charge is 0.314 e. The van der Waals surface area contributed by atoms with Gasteiger partial charge in [-0.25, -0.2) is 14.8 Å². The van der Waals surface area contributed by atoms with E-state index in [0.717, 1.165) is 29.3 Å². The Bertz CT molecular complexity index is 1010. The normalized spacial score (nSPS) is 10.9. The number of carbonyl (C=O) groups excluding carboxylic acids is 2. The SMILES string of the molecule is CNC(=O)NCc1nc2c(N)nc3ccccc3c2n1CCCCOC(C)=O. The molecule has 2 amide bonds. The summed E-state index contributed by atoms with van der Waals surface area (Å²) in [5, 5.41) is 6.25. The minimum atomic E-state index is -0.288. The standard InChI is InChI=1S/C19H24N6O3/c1-12(26)28-10-6-5-9-25-15(11-22-19(27)21-2)24-16-17(25)13-7-3-4-8-14(13)23-18(16)20/h3-4,7-8H,5-6,9-11H2,1-2H3,(H2,20,23)(H2,21,22,27). The number of hydrogen-bond acceptors (Lipinski definition) is 6. The van der Waals surface area contributed by atoms with E-state index in [1.807, 2.05) is 24.3 Å². The van der Waals surface area contributed by atoms with Crippen LogP contribution in [-0.4, -0.2) is 40.2 Å². The number of ether oxygens (including phenoxy) is 1. The Morgan fingerprint density at radius 2 is 2.00 bits per heavy atom. The van der Waals surface area contributed by atoms with Gasteiger partial charge in [-0.1, -0.05) is 18.2 Å². The lowest BCUT2D eigenvalue weighted by Gasteiger charge is -2.11. The van der Waals surface area contributed by atoms with Crippen molar-refractivity contribution in [1.82, 2.24) is 25.2 Å². The van der Waals surface area contributed by atoms with Crippen LogP contribution in [0.5, 0.6) is 0 Å². The topological polar surface area (TPSA) is 124 Å². The van der Waals surface area contributed by atoms with Crippen LogP contribution in [0.25, 0.3) is 21.9 Å². The molecule has 0 aliphatic carbocycles. The van der Waals surface area contributed by atoms with Crippen LogP contribution >= 0.6 is 0 Å². The molecule has 9 nitrogen and oxygen atoms in total. The molecular weight excluding hydrogens is 360 g/mol. The summed E-state index contributed by atoms with van der Waals surface area (Å²) in [6, 6.07) is 7.46. The number of para-hydroxylation sites is 1. The number of unbranched alkanes of at least 4 members (excludes halogenated alkanes) is 1. The van der Waals surface area contributed by atoms with Crippen molar-refractivity contribution in [2.75, 3.05) is 19.4 Å². The zero-order valence-corrected chi connectivity index (χ0v) is 16.0. The lowest BCUT2D eigenvalue weighted by molar-refractivity contribution is -0.141. The molecule has 0 bridgehead atoms. The molecule has 0 saturated carbocycles. The van der Waals surface area contributed by atoms with E-state index >= 15 is 0 Å². The number of hydrogen-bond donors (Lipinski definition) is 3. The fourth-order valence-corrected chi connectivity index (χ4v) is 3.12. The van der Waals surface area contributed by atoms with E-state index in [4.69, 9.17) is 10.5 Å². The monoisotopic (exact) mass is 384 g/mol. The van der Waals surface area contributed by atoms with E-state index in [0.29, 0.717) is 30.3 Å². The summed E-state index contributed by atoms with van der Waals surface area (Å²) in [6.45, 7) is 2.67. The summed E-state index contributed by atoms with van der Waals surface area (Å²) in [5.41, 5.74) is 8.45. The summed E-state index contributed by atoms with van der Waals surface area (Å²) in [4.78, 5) is 31.6. The molecule has 0 aliphatic heterocycles. The van der Waals surface area contributed by atoms with Crippen LogP contribution in [0, 0.1) is 0 Å². The second-order valence-electron chi connectivity index (χ2n) is 6.37. The van der Waals surface area contributed by atoms with Gasteiger partial charge in [0.05, 0.1) is 24.2 Å². The number of nitrogens with two attached hydrogens (primary N) is 1. The number of amides is 2. The number of esters is 1. The Kier molecular flexibility index (Phi) is 5.93. The van der Waals surface area contributed by atoms with Crippen molar-refractivity contribution in [3.8, 4) is 0 Å². The van der Waals surface area contributed by atoms with Gasteiger partial charge in [-0.2, -0.15) is 0 Å². The van der Waals surface area contributed by atoms with Gasteiger partial charge >= 0.3 is 12.0 Å². The molecule has 4 N–H and O–H groups in total. The molecule has 0 spiro atoms. The first-order valence-electron chi connectivity index (χ1n) is 9.13. The third-order valence-corrected chi connectivity index (χ3v) is 4.40. The van der Waals surface area contributed by atoms with E-state index in [-0.39, 0.29) is 18.5 Å². The first-order chi connectivity index (χ1) is 13.5. The molecular formula is C19H24N6O3. The third kappa shape index (κ3) is 4.13. The second-order valence-corrected chi connectivity index (χ2v) is 6.37. The Morgan fingerprint density at radius 3 is 2.75 bits per heavy atom. The Hall–Kier alpha value is -3.36. The molecule has 0 aliphatic rings. The maximum atomic E-state index is 11.6. The summed E-state index contributed by atoms with van der Waals surface area (Å²) in [7, 11) is 1.56. The van der Waals surface area contributed by atoms with Crippen LogP contribution in [0.3, 0.4) is 0 Å². The number of aryl methyl sites for hydroxylation is 1. The Labute approximate surface area is 162 Å². The van der Waals surface area contributed by atoms with Crippen molar-refractivity contribution < 1.29 is 14.3 Å². The zero-order valence-electron chi connectivity index (χ0n) is 16.0. The Balaban J connectivity index is 1.97. The first kappa shape index (κ1) is 19.4. The maximum Gasteiger partial charge on any atom is 0.314 e. The number of pyridine rings is 1. The van der Waals surface area contributed by atoms with Crippen LogP contribution < -0.4 is 16.4 Å². The predicted molar refractivity (Wildman–Crippen MR) is 107 cm³/mol. The van der Waals surface area contributed by atoms with Crippen LogP contribution in [0.1, 0.15) is 25.6 Å². The van der Waals surface area contributed by atoms with Crippen molar-refractivity contribution in [2.45, 2.75) is 32.9 Å². The largest absolute Gasteiger partial charge is 0.466 e. The van der Waals surface area contributed by atoms with Crippen LogP contribution in [-0.2, 0) is 22.6 Å². The van der Waals surface area contributed by atoms with E-state index < -0.39 is 0 Å². The quantitative estimate of drug-likeness (QED) is 0.422. The number of nitrogens with one attached hydrogen (secondary N) is 2. The molecule has 1 aromatic carbocycles. The number of nitrogen functional groups attached to an aromatic ring is 1. The molecule has 148 valence electrons. The van der Waals surface area contributed by atoms with Gasteiger partial charge < -0.3 is 25.7 Å². The average molecular weight is 384 g/mol. The van der Waals surface area contributed by atoms with E-state index in [2.05, 4.69) is 25.2 Å². The number of urea groups is 1. The summed E-state index contributed by atoms with van der Waals surface area (Å²) in [6.07, 6.45) is 1.50. The summed E-state index contributed by atoms with van der Waals surface area (Å²) < 4.78 is 7.06. The number of imidazole rings is 1. The maximum absolute atomic E-state index is 11.6. The molecule has 0 saturated heterocycles. The highest BCUT2D eigenvalue weighted by atomic mass is 16.5. The van der Waals surface area contributed by atoms with E-state index in [1.165, 1.54) is 6.92 Å². The van der Waals surface area contributed by atoms with Crippen molar-refractivity contribution in [3.63, 3.8) is 0 Å². The van der Waals surface area contributed by atoms with Crippen LogP contribution in [0.4, 0.5) is 10.6 Å². The minimum absolute atomic E-state index is 0.256. The molecule has 3 aromatic rings. The number of nitrogens with zero attached hydrogens (tertiary/aromatic N) is 3. The third-order valence-electron chi connectivity index (χ3n) is 4.40. The molecule has 3 rings (SSSR count). The lowest BCUT2D eigenvalue weighted by atomic mass is 10.2. The second kappa shape index (κ2) is 8.55. The van der Waals surface area contributed by atoms with Gasteiger partial charge in [-0.05, 0) is 18.9 Å². The highest BCUT2D eigenvalue weighted by Gasteiger charge is 2.17. The fraction of sp³-hybridized carbons (Fsp3) is 0.368. The van der Waals surface area contributed by atoms with Crippen molar-refractivity contribution >= 4 is 39.8 Å². The predicted octanol–water partition coefficient (Wildman–Crippen LogP) is 1.94. The number of anilines is 1. The van der Waals surface area contributed by atoms with Gasteiger partial charge in [0, 0.05) is 25.9 Å². The number of benzene rings is 1. The van der Waals surface area contributed by atoms with Gasteiger partial charge in [0.1, 0.15) is 11.3 Å². The van der Waals surface area contributed by atoms with Gasteiger partial charge in [0.2, 0.25) is 0 Å². The number of rotatable bonds is 7. The van der Waals surface area contributed by atoms with Crippen molar-refractivity contribution in [2.24, 2.45) is 0 Å². The molecule has 0 radical (unpaired) electrons. The summed E-state index contributed by atoms with van der Waals surface area (Å²) >= 11 is 0. The number of carbonyl (C=O) groups is 2. The fourth-order valence-electron chi connectivity index (χ4n) is 3.12.